The van der Waals surface area contributed by atoms with Crippen LogP contribution in [-0.2, 0) is 4.79 Å². The minimum atomic E-state index is 0.0935. The van der Waals surface area contributed by atoms with Crippen LogP contribution in [0.1, 0.15) is 6.92 Å². The van der Waals surface area contributed by atoms with E-state index < -0.39 is 0 Å². The minimum Gasteiger partial charge on any atom is -0.358 e. The van der Waals surface area contributed by atoms with Crippen LogP contribution < -0.4 is 10.2 Å². The number of rotatable bonds is 1. The van der Waals surface area contributed by atoms with E-state index >= 15 is 0 Å². The second kappa shape index (κ2) is 4.23. The van der Waals surface area contributed by atoms with Gasteiger partial charge in [-0.1, -0.05) is 15.9 Å². The molecule has 3 nitrogen and oxygen atoms in total. The van der Waals surface area contributed by atoms with E-state index in [1.54, 1.807) is 0 Å². The number of carbonyl (C=O) groups is 1. The Hall–Kier alpha value is -1.03. The molecule has 1 aliphatic rings. The standard InChI is InChI=1S/C11H13BrN2O/c1-8-6-13-11(15)7-14(8)10-4-2-9(12)3-5-10/h2-5,8H,6-7H2,1H3,(H,13,15). The number of nitrogens with one attached hydrogen (secondary N) is 1. The number of hydrogen-bond acceptors (Lipinski definition) is 2. The van der Waals surface area contributed by atoms with Crippen LogP contribution in [0, 0.1) is 0 Å². The number of benzene rings is 1. The van der Waals surface area contributed by atoms with Crippen molar-refractivity contribution in [1.29, 1.82) is 0 Å². The Balaban J connectivity index is 2.21. The molecule has 1 amide bonds. The molecule has 0 bridgehead atoms. The number of amides is 1. The molecule has 1 unspecified atom stereocenters. The smallest absolute Gasteiger partial charge is 0.239 e. The third-order valence-electron chi connectivity index (χ3n) is 2.60. The first kappa shape index (κ1) is 10.5. The molecule has 1 aromatic carbocycles. The molecule has 0 saturated carbocycles. The quantitative estimate of drug-likeness (QED) is 0.842. The molecule has 2 rings (SSSR count). The van der Waals surface area contributed by atoms with Gasteiger partial charge in [-0.2, -0.15) is 0 Å². The number of hydrogen-bond donors (Lipinski definition) is 1. The summed E-state index contributed by atoms with van der Waals surface area (Å²) in [7, 11) is 0. The van der Waals surface area contributed by atoms with Gasteiger partial charge in [0.2, 0.25) is 5.91 Å². The van der Waals surface area contributed by atoms with Gasteiger partial charge in [0, 0.05) is 22.7 Å². The van der Waals surface area contributed by atoms with Crippen molar-refractivity contribution in [2.45, 2.75) is 13.0 Å². The van der Waals surface area contributed by atoms with Crippen LogP contribution in [0.15, 0.2) is 28.7 Å². The molecule has 0 radical (unpaired) electrons. The normalized spacial score (nSPS) is 21.3. The van der Waals surface area contributed by atoms with Crippen molar-refractivity contribution in [3.05, 3.63) is 28.7 Å². The first-order chi connectivity index (χ1) is 7.16. The van der Waals surface area contributed by atoms with Gasteiger partial charge in [0.15, 0.2) is 0 Å². The first-order valence-electron chi connectivity index (χ1n) is 4.96. The molecular weight excluding hydrogens is 256 g/mol. The average molecular weight is 269 g/mol. The summed E-state index contributed by atoms with van der Waals surface area (Å²) in [6, 6.07) is 8.39. The Morgan fingerprint density at radius 1 is 1.40 bits per heavy atom. The van der Waals surface area contributed by atoms with E-state index in [0.29, 0.717) is 12.6 Å². The lowest BCUT2D eigenvalue weighted by molar-refractivity contribution is -0.120. The van der Waals surface area contributed by atoms with Crippen LogP contribution in [0.2, 0.25) is 0 Å². The van der Waals surface area contributed by atoms with Gasteiger partial charge in [0.05, 0.1) is 6.54 Å². The van der Waals surface area contributed by atoms with Crippen molar-refractivity contribution >= 4 is 27.5 Å². The van der Waals surface area contributed by atoms with Crippen molar-refractivity contribution in [1.82, 2.24) is 5.32 Å². The lowest BCUT2D eigenvalue weighted by Gasteiger charge is -2.35. The maximum absolute atomic E-state index is 11.3. The summed E-state index contributed by atoms with van der Waals surface area (Å²) >= 11 is 3.40. The second-order valence-electron chi connectivity index (χ2n) is 3.76. The van der Waals surface area contributed by atoms with Crippen molar-refractivity contribution in [2.75, 3.05) is 18.0 Å². The topological polar surface area (TPSA) is 32.3 Å². The molecule has 1 fully saturated rings. The predicted octanol–water partition coefficient (Wildman–Crippen LogP) is 1.77. The van der Waals surface area contributed by atoms with Gasteiger partial charge in [-0.3, -0.25) is 4.79 Å². The van der Waals surface area contributed by atoms with Gasteiger partial charge in [-0.25, -0.2) is 0 Å². The van der Waals surface area contributed by atoms with Gasteiger partial charge < -0.3 is 10.2 Å². The third kappa shape index (κ3) is 2.31. The summed E-state index contributed by atoms with van der Waals surface area (Å²) in [5, 5.41) is 2.85. The highest BCUT2D eigenvalue weighted by Gasteiger charge is 2.22. The number of halogens is 1. The van der Waals surface area contributed by atoms with E-state index in [1.807, 2.05) is 24.3 Å². The number of nitrogens with zero attached hydrogens (tertiary/aromatic N) is 1. The largest absolute Gasteiger partial charge is 0.358 e. The number of anilines is 1. The molecule has 1 aromatic rings. The zero-order valence-electron chi connectivity index (χ0n) is 8.53. The lowest BCUT2D eigenvalue weighted by Crippen LogP contribution is -2.53. The molecule has 4 heteroatoms. The fourth-order valence-electron chi connectivity index (χ4n) is 1.72. The zero-order chi connectivity index (χ0) is 10.8. The Bertz CT molecular complexity index is 363. The third-order valence-corrected chi connectivity index (χ3v) is 3.13. The Morgan fingerprint density at radius 2 is 2.07 bits per heavy atom. The van der Waals surface area contributed by atoms with Crippen LogP contribution in [0.5, 0.6) is 0 Å². The van der Waals surface area contributed by atoms with Crippen molar-refractivity contribution < 1.29 is 4.79 Å². The SMILES string of the molecule is CC1CNC(=O)CN1c1ccc(Br)cc1. The van der Waals surface area contributed by atoms with E-state index in [0.717, 1.165) is 16.7 Å². The lowest BCUT2D eigenvalue weighted by atomic mass is 10.2. The Kier molecular flexibility index (Phi) is 2.95. The molecule has 0 aliphatic carbocycles. The highest BCUT2D eigenvalue weighted by molar-refractivity contribution is 9.10. The van der Waals surface area contributed by atoms with Crippen LogP contribution in [0.25, 0.3) is 0 Å². The first-order valence-corrected chi connectivity index (χ1v) is 5.75. The number of carbonyl (C=O) groups excluding carboxylic acids is 1. The maximum Gasteiger partial charge on any atom is 0.239 e. The van der Waals surface area contributed by atoms with Gasteiger partial charge in [-0.05, 0) is 31.2 Å². The minimum absolute atomic E-state index is 0.0935. The van der Waals surface area contributed by atoms with E-state index in [9.17, 15) is 4.79 Å². The molecule has 1 saturated heterocycles. The summed E-state index contributed by atoms with van der Waals surface area (Å²) in [5.41, 5.74) is 1.10. The van der Waals surface area contributed by atoms with E-state index in [2.05, 4.69) is 33.1 Å². The predicted molar refractivity (Wildman–Crippen MR) is 64.0 cm³/mol. The molecule has 15 heavy (non-hydrogen) atoms. The van der Waals surface area contributed by atoms with E-state index in [1.165, 1.54) is 0 Å². The monoisotopic (exact) mass is 268 g/mol. The van der Waals surface area contributed by atoms with Crippen LogP contribution in [-0.4, -0.2) is 25.0 Å². The Labute approximate surface area is 97.6 Å². The summed E-state index contributed by atoms with van der Waals surface area (Å²) in [4.78, 5) is 13.4. The summed E-state index contributed by atoms with van der Waals surface area (Å²) in [6.45, 7) is 3.28. The highest BCUT2D eigenvalue weighted by Crippen LogP contribution is 2.21. The maximum atomic E-state index is 11.3. The highest BCUT2D eigenvalue weighted by atomic mass is 79.9. The van der Waals surface area contributed by atoms with Crippen molar-refractivity contribution in [3.8, 4) is 0 Å². The molecule has 1 N–H and O–H groups in total. The van der Waals surface area contributed by atoms with Gasteiger partial charge in [0.1, 0.15) is 0 Å². The van der Waals surface area contributed by atoms with Crippen molar-refractivity contribution in [2.24, 2.45) is 0 Å². The summed E-state index contributed by atoms with van der Waals surface area (Å²) in [5.74, 6) is 0.0935. The fraction of sp³-hybridized carbons (Fsp3) is 0.364. The van der Waals surface area contributed by atoms with Crippen LogP contribution in [0.3, 0.4) is 0 Å². The summed E-state index contributed by atoms with van der Waals surface area (Å²) < 4.78 is 1.06. The van der Waals surface area contributed by atoms with Gasteiger partial charge >= 0.3 is 0 Å². The summed E-state index contributed by atoms with van der Waals surface area (Å²) in [6.07, 6.45) is 0. The molecule has 0 aromatic heterocycles. The van der Waals surface area contributed by atoms with Crippen LogP contribution in [0.4, 0.5) is 5.69 Å². The van der Waals surface area contributed by atoms with E-state index in [4.69, 9.17) is 0 Å². The molecule has 1 atom stereocenters. The van der Waals surface area contributed by atoms with Gasteiger partial charge in [0.25, 0.3) is 0 Å². The zero-order valence-corrected chi connectivity index (χ0v) is 10.1. The molecule has 1 aliphatic heterocycles. The van der Waals surface area contributed by atoms with Crippen molar-refractivity contribution in [3.63, 3.8) is 0 Å². The average Bonchev–Trinajstić information content (AvgIpc) is 2.23. The fourth-order valence-corrected chi connectivity index (χ4v) is 1.98. The second-order valence-corrected chi connectivity index (χ2v) is 4.67. The van der Waals surface area contributed by atoms with E-state index in [-0.39, 0.29) is 5.91 Å². The molecule has 0 spiro atoms. The van der Waals surface area contributed by atoms with Gasteiger partial charge in [-0.15, -0.1) is 0 Å². The molecule has 1 heterocycles. The molecule has 80 valence electrons. The van der Waals surface area contributed by atoms with Crippen LogP contribution >= 0.6 is 15.9 Å². The Morgan fingerprint density at radius 3 is 2.73 bits per heavy atom. The molecular formula is C11H13BrN2O. The number of piperazine rings is 1.